The Morgan fingerprint density at radius 1 is 0.391 bits per heavy atom. The van der Waals surface area contributed by atoms with E-state index in [1.54, 1.807) is 0 Å². The van der Waals surface area contributed by atoms with Crippen molar-refractivity contribution in [1.29, 1.82) is 0 Å². The molecule has 1 unspecified atom stereocenters. The minimum absolute atomic E-state index is 0.613. The molecule has 0 saturated heterocycles. The van der Waals surface area contributed by atoms with Gasteiger partial charge < -0.3 is 14.1 Å². The summed E-state index contributed by atoms with van der Waals surface area (Å²) in [5.41, 5.74) is 11.6. The molecule has 1 aromatic heterocycles. The summed E-state index contributed by atoms with van der Waals surface area (Å²) in [6.07, 6.45) is 0. The molecule has 1 atom stereocenters. The quantitative estimate of drug-likeness (QED) is 0.205. The zero-order chi connectivity index (χ0) is 30.2. The zero-order valence-corrected chi connectivity index (χ0v) is 24.9. The zero-order valence-electron chi connectivity index (χ0n) is 24.9. The average Bonchev–Trinajstić information content (AvgIpc) is 3.62. The molecule has 2 aliphatic rings. The summed E-state index contributed by atoms with van der Waals surface area (Å²) in [4.78, 5) is 2.34. The summed E-state index contributed by atoms with van der Waals surface area (Å²) in [5.74, 6) is 1.73. The fourth-order valence-electron chi connectivity index (χ4n) is 7.85. The SMILES string of the molecule is c1ccc(N(c2ccccc2)c2ccc3c(c2)C2(c4ccccc4Oc4cc5c(cc42)oc2ccccc25)c2ccccc2-3)cc1. The number of para-hydroxylation sites is 4. The number of hydrogen-bond acceptors (Lipinski definition) is 3. The van der Waals surface area contributed by atoms with E-state index in [0.29, 0.717) is 0 Å². The van der Waals surface area contributed by atoms with Crippen LogP contribution in [0.25, 0.3) is 33.1 Å². The van der Waals surface area contributed by atoms with Crippen molar-refractivity contribution in [3.05, 3.63) is 186 Å². The maximum Gasteiger partial charge on any atom is 0.136 e. The molecule has 2 heterocycles. The third kappa shape index (κ3) is 3.37. The fraction of sp³-hybridized carbons (Fsp3) is 0.0233. The Kier molecular flexibility index (Phi) is 5.20. The van der Waals surface area contributed by atoms with Crippen molar-refractivity contribution < 1.29 is 9.15 Å². The second-order valence-electron chi connectivity index (χ2n) is 12.1. The standard InChI is InChI=1S/C43H27NO2/c1-3-13-28(14-4-1)44(29-15-5-2-6-16-29)30-23-24-32-31-17-7-9-19-35(31)43(37(32)25-30)36-20-10-12-22-40(36)46-42-26-34-33-18-8-11-21-39(33)45-41(34)27-38(42)43/h1-27H. The Morgan fingerprint density at radius 3 is 1.85 bits per heavy atom. The van der Waals surface area contributed by atoms with Gasteiger partial charge >= 0.3 is 0 Å². The van der Waals surface area contributed by atoms with Gasteiger partial charge in [0.15, 0.2) is 0 Å². The van der Waals surface area contributed by atoms with Gasteiger partial charge in [-0.05, 0) is 82.9 Å². The molecule has 0 fully saturated rings. The third-order valence-electron chi connectivity index (χ3n) is 9.71. The van der Waals surface area contributed by atoms with Crippen LogP contribution in [0.3, 0.4) is 0 Å². The molecule has 0 N–H and O–H groups in total. The molecule has 10 rings (SSSR count). The molecular weight excluding hydrogens is 562 g/mol. The van der Waals surface area contributed by atoms with Gasteiger partial charge in [0.05, 0.1) is 5.41 Å². The minimum atomic E-state index is -0.613. The topological polar surface area (TPSA) is 25.6 Å². The second-order valence-corrected chi connectivity index (χ2v) is 12.1. The van der Waals surface area contributed by atoms with Crippen molar-refractivity contribution in [3.63, 3.8) is 0 Å². The Bertz CT molecular complexity index is 2420. The summed E-state index contributed by atoms with van der Waals surface area (Å²) in [7, 11) is 0. The van der Waals surface area contributed by atoms with E-state index in [9.17, 15) is 0 Å². The number of hydrogen-bond donors (Lipinski definition) is 0. The predicted molar refractivity (Wildman–Crippen MR) is 186 cm³/mol. The second kappa shape index (κ2) is 9.47. The van der Waals surface area contributed by atoms with Gasteiger partial charge in [0, 0.05) is 39.0 Å². The molecule has 1 aliphatic carbocycles. The smallest absolute Gasteiger partial charge is 0.136 e. The van der Waals surface area contributed by atoms with E-state index >= 15 is 0 Å². The monoisotopic (exact) mass is 589 g/mol. The summed E-state index contributed by atoms with van der Waals surface area (Å²) in [5, 5.41) is 2.15. The van der Waals surface area contributed by atoms with Gasteiger partial charge in [-0.1, -0.05) is 103 Å². The fourth-order valence-corrected chi connectivity index (χ4v) is 7.85. The van der Waals surface area contributed by atoms with Crippen molar-refractivity contribution in [2.24, 2.45) is 0 Å². The molecule has 7 aromatic carbocycles. The maximum absolute atomic E-state index is 6.78. The molecule has 8 aromatic rings. The van der Waals surface area contributed by atoms with Crippen LogP contribution < -0.4 is 9.64 Å². The highest BCUT2D eigenvalue weighted by Crippen LogP contribution is 2.63. The molecule has 0 bridgehead atoms. The summed E-state index contributed by atoms with van der Waals surface area (Å²) < 4.78 is 13.3. The van der Waals surface area contributed by atoms with Crippen LogP contribution in [-0.2, 0) is 5.41 Å². The molecule has 0 amide bonds. The van der Waals surface area contributed by atoms with Crippen LogP contribution >= 0.6 is 0 Å². The Labute approximate surface area is 266 Å². The molecule has 1 aliphatic heterocycles. The van der Waals surface area contributed by atoms with E-state index in [-0.39, 0.29) is 0 Å². The predicted octanol–water partition coefficient (Wildman–Crippen LogP) is 11.5. The number of rotatable bonds is 3. The van der Waals surface area contributed by atoms with Crippen LogP contribution in [0.1, 0.15) is 22.3 Å². The lowest BCUT2D eigenvalue weighted by molar-refractivity contribution is 0.437. The highest BCUT2D eigenvalue weighted by molar-refractivity contribution is 6.06. The summed E-state index contributed by atoms with van der Waals surface area (Å²) in [6.45, 7) is 0. The molecule has 216 valence electrons. The molecule has 1 spiro atoms. The van der Waals surface area contributed by atoms with Gasteiger partial charge in [-0.25, -0.2) is 0 Å². The molecular formula is C43H27NO2. The minimum Gasteiger partial charge on any atom is -0.457 e. The average molecular weight is 590 g/mol. The van der Waals surface area contributed by atoms with E-state index in [1.807, 2.05) is 12.1 Å². The highest BCUT2D eigenvalue weighted by Gasteiger charge is 2.51. The normalized spacial score (nSPS) is 15.7. The largest absolute Gasteiger partial charge is 0.457 e. The van der Waals surface area contributed by atoms with Gasteiger partial charge in [-0.15, -0.1) is 0 Å². The summed E-state index contributed by atoms with van der Waals surface area (Å²) in [6, 6.07) is 58.1. The Hall–Kier alpha value is -6.06. The van der Waals surface area contributed by atoms with Crippen LogP contribution in [0.5, 0.6) is 11.5 Å². The van der Waals surface area contributed by atoms with Crippen LogP contribution in [0.4, 0.5) is 17.1 Å². The van der Waals surface area contributed by atoms with Crippen LogP contribution in [0.2, 0.25) is 0 Å². The summed E-state index contributed by atoms with van der Waals surface area (Å²) >= 11 is 0. The first-order valence-electron chi connectivity index (χ1n) is 15.7. The van der Waals surface area contributed by atoms with Crippen molar-refractivity contribution in [1.82, 2.24) is 0 Å². The van der Waals surface area contributed by atoms with E-state index in [2.05, 4.69) is 157 Å². The van der Waals surface area contributed by atoms with Gasteiger partial charge in [0.1, 0.15) is 22.7 Å². The highest BCUT2D eigenvalue weighted by atomic mass is 16.5. The lowest BCUT2D eigenvalue weighted by atomic mass is 9.66. The first-order chi connectivity index (χ1) is 22.8. The van der Waals surface area contributed by atoms with Crippen LogP contribution in [-0.4, -0.2) is 0 Å². The number of benzene rings is 7. The van der Waals surface area contributed by atoms with Gasteiger partial charge in [0.2, 0.25) is 0 Å². The van der Waals surface area contributed by atoms with Crippen LogP contribution in [0, 0.1) is 0 Å². The van der Waals surface area contributed by atoms with E-state index < -0.39 is 5.41 Å². The van der Waals surface area contributed by atoms with Crippen molar-refractivity contribution in [3.8, 4) is 22.6 Å². The van der Waals surface area contributed by atoms with Crippen LogP contribution in [0.15, 0.2) is 168 Å². The number of nitrogens with zero attached hydrogens (tertiary/aromatic N) is 1. The molecule has 0 radical (unpaired) electrons. The van der Waals surface area contributed by atoms with E-state index in [0.717, 1.165) is 61.6 Å². The Morgan fingerprint density at radius 2 is 1.04 bits per heavy atom. The first kappa shape index (κ1) is 25.3. The number of fused-ring (bicyclic) bond motifs is 12. The first-order valence-corrected chi connectivity index (χ1v) is 15.7. The van der Waals surface area contributed by atoms with E-state index in [4.69, 9.17) is 9.15 Å². The Balaban J connectivity index is 1.31. The third-order valence-corrected chi connectivity index (χ3v) is 9.71. The lowest BCUT2D eigenvalue weighted by Crippen LogP contribution is -2.32. The lowest BCUT2D eigenvalue weighted by Gasteiger charge is -2.39. The van der Waals surface area contributed by atoms with Crippen molar-refractivity contribution >= 4 is 39.0 Å². The van der Waals surface area contributed by atoms with Crippen molar-refractivity contribution in [2.45, 2.75) is 5.41 Å². The van der Waals surface area contributed by atoms with Gasteiger partial charge in [0.25, 0.3) is 0 Å². The molecule has 46 heavy (non-hydrogen) atoms. The van der Waals surface area contributed by atoms with Gasteiger partial charge in [-0.2, -0.15) is 0 Å². The molecule has 3 nitrogen and oxygen atoms in total. The molecule has 0 saturated carbocycles. The van der Waals surface area contributed by atoms with Gasteiger partial charge in [-0.3, -0.25) is 0 Å². The maximum atomic E-state index is 6.78. The van der Waals surface area contributed by atoms with E-state index in [1.165, 1.54) is 22.3 Å². The number of furan rings is 1. The number of anilines is 3. The van der Waals surface area contributed by atoms with Crippen molar-refractivity contribution in [2.75, 3.05) is 4.90 Å². The number of ether oxygens (including phenoxy) is 1. The molecule has 3 heteroatoms.